The van der Waals surface area contributed by atoms with Gasteiger partial charge < -0.3 is 5.32 Å². The molecule has 0 spiro atoms. The third kappa shape index (κ3) is 2.99. The summed E-state index contributed by atoms with van der Waals surface area (Å²) >= 11 is 0. The molecular weight excluding hydrogens is 235 g/mol. The summed E-state index contributed by atoms with van der Waals surface area (Å²) in [4.78, 5) is 7.77. The fourth-order valence-electron chi connectivity index (χ4n) is 1.58. The number of nitrogens with zero attached hydrogens (tertiary/aromatic N) is 5. The third-order valence-electron chi connectivity index (χ3n) is 2.52. The predicted octanol–water partition coefficient (Wildman–Crippen LogP) is 1.27. The number of hydrogen-bond acceptors (Lipinski definition) is 5. The second-order valence-electron chi connectivity index (χ2n) is 3.78. The largest absolute Gasteiger partial charge is 0.367 e. The van der Waals surface area contributed by atoms with Crippen LogP contribution >= 0.6 is 0 Å². The number of aromatic nitrogens is 5. The zero-order chi connectivity index (χ0) is 12.8. The van der Waals surface area contributed by atoms with Gasteiger partial charge in [0.1, 0.15) is 6.33 Å². The first-order chi connectivity index (χ1) is 8.81. The van der Waals surface area contributed by atoms with Crippen molar-refractivity contribution < 1.29 is 4.39 Å². The summed E-state index contributed by atoms with van der Waals surface area (Å²) < 4.78 is 15.5. The first-order valence-corrected chi connectivity index (χ1v) is 5.88. The normalized spacial score (nSPS) is 10.6. The van der Waals surface area contributed by atoms with Crippen LogP contribution in [0.1, 0.15) is 19.0 Å². The van der Waals surface area contributed by atoms with E-state index in [0.717, 1.165) is 13.0 Å². The van der Waals surface area contributed by atoms with Gasteiger partial charge in [0.15, 0.2) is 11.6 Å². The van der Waals surface area contributed by atoms with Crippen molar-refractivity contribution >= 4 is 5.82 Å². The Balaban J connectivity index is 1.83. The van der Waals surface area contributed by atoms with Crippen LogP contribution in [-0.4, -0.2) is 31.5 Å². The van der Waals surface area contributed by atoms with Gasteiger partial charge in [0.05, 0.1) is 11.9 Å². The van der Waals surface area contributed by atoms with Crippen molar-refractivity contribution in [2.75, 3.05) is 11.9 Å². The van der Waals surface area contributed by atoms with E-state index in [-0.39, 0.29) is 11.6 Å². The maximum Gasteiger partial charge on any atom is 0.186 e. The Labute approximate surface area is 104 Å². The van der Waals surface area contributed by atoms with Gasteiger partial charge in [-0.1, -0.05) is 12.1 Å². The van der Waals surface area contributed by atoms with E-state index in [0.29, 0.717) is 18.7 Å². The molecule has 0 unspecified atom stereocenters. The van der Waals surface area contributed by atoms with Crippen molar-refractivity contribution in [3.8, 4) is 0 Å². The molecule has 2 rings (SSSR count). The molecule has 0 aliphatic rings. The molecule has 6 nitrogen and oxygen atoms in total. The van der Waals surface area contributed by atoms with Crippen molar-refractivity contribution in [2.24, 2.45) is 0 Å². The highest BCUT2D eigenvalue weighted by molar-refractivity contribution is 5.36. The monoisotopic (exact) mass is 250 g/mol. The highest BCUT2D eigenvalue weighted by Gasteiger charge is 2.08. The van der Waals surface area contributed by atoms with Crippen LogP contribution in [0.2, 0.25) is 0 Å². The van der Waals surface area contributed by atoms with E-state index in [1.165, 1.54) is 6.33 Å². The van der Waals surface area contributed by atoms with Gasteiger partial charge in [-0.2, -0.15) is 0 Å². The number of hydrogen-bond donors (Lipinski definition) is 1. The lowest BCUT2D eigenvalue weighted by atomic mass is 10.3. The molecule has 18 heavy (non-hydrogen) atoms. The number of rotatable bonds is 6. The van der Waals surface area contributed by atoms with E-state index in [4.69, 9.17) is 0 Å². The number of nitrogens with one attached hydrogen (secondary N) is 1. The van der Waals surface area contributed by atoms with E-state index in [9.17, 15) is 4.39 Å². The minimum absolute atomic E-state index is 0.264. The molecule has 0 radical (unpaired) electrons. The quantitative estimate of drug-likeness (QED) is 0.782. The zero-order valence-corrected chi connectivity index (χ0v) is 10.2. The Morgan fingerprint density at radius 1 is 1.39 bits per heavy atom. The molecular formula is C11H15FN6. The fourth-order valence-corrected chi connectivity index (χ4v) is 1.58. The van der Waals surface area contributed by atoms with Crippen LogP contribution in [0, 0.1) is 5.82 Å². The minimum atomic E-state index is -0.360. The molecule has 2 heterocycles. The summed E-state index contributed by atoms with van der Waals surface area (Å²) in [6.45, 7) is 3.22. The smallest absolute Gasteiger partial charge is 0.186 e. The van der Waals surface area contributed by atoms with Gasteiger partial charge in [-0.3, -0.25) is 4.68 Å². The van der Waals surface area contributed by atoms with Crippen LogP contribution in [0.25, 0.3) is 0 Å². The standard InChI is InChI=1S/C11H15FN6/c1-2-9-10(12)11(15-8-14-9)13-4-3-6-18-7-5-16-17-18/h5,7-8H,2-4,6H2,1H3,(H,13,14,15). The molecule has 0 saturated heterocycles. The van der Waals surface area contributed by atoms with Crippen LogP contribution in [-0.2, 0) is 13.0 Å². The molecule has 0 aromatic carbocycles. The second-order valence-corrected chi connectivity index (χ2v) is 3.78. The lowest BCUT2D eigenvalue weighted by molar-refractivity contribution is 0.565. The first kappa shape index (κ1) is 12.4. The van der Waals surface area contributed by atoms with E-state index >= 15 is 0 Å². The Hall–Kier alpha value is -2.05. The van der Waals surface area contributed by atoms with Crippen molar-refractivity contribution in [2.45, 2.75) is 26.3 Å². The molecule has 0 bridgehead atoms. The molecule has 96 valence electrons. The number of halogens is 1. The highest BCUT2D eigenvalue weighted by atomic mass is 19.1. The Morgan fingerprint density at radius 2 is 2.28 bits per heavy atom. The van der Waals surface area contributed by atoms with Gasteiger partial charge in [0.2, 0.25) is 0 Å². The topological polar surface area (TPSA) is 68.5 Å². The van der Waals surface area contributed by atoms with Crippen LogP contribution in [0.15, 0.2) is 18.7 Å². The SMILES string of the molecule is CCc1ncnc(NCCCn2ccnn2)c1F. The number of anilines is 1. The molecule has 1 N–H and O–H groups in total. The molecule has 0 aliphatic carbocycles. The minimum Gasteiger partial charge on any atom is -0.367 e. The van der Waals surface area contributed by atoms with Crippen LogP contribution in [0.5, 0.6) is 0 Å². The van der Waals surface area contributed by atoms with Crippen LogP contribution in [0.4, 0.5) is 10.2 Å². The summed E-state index contributed by atoms with van der Waals surface area (Å²) in [6.07, 6.45) is 6.17. The Bertz CT molecular complexity index is 484. The average molecular weight is 250 g/mol. The fraction of sp³-hybridized carbons (Fsp3) is 0.455. The molecule has 2 aromatic heterocycles. The Morgan fingerprint density at radius 3 is 3.00 bits per heavy atom. The van der Waals surface area contributed by atoms with E-state index < -0.39 is 0 Å². The van der Waals surface area contributed by atoms with Gasteiger partial charge in [-0.05, 0) is 12.8 Å². The summed E-state index contributed by atoms with van der Waals surface area (Å²) in [5, 5.41) is 10.5. The maximum absolute atomic E-state index is 13.8. The van der Waals surface area contributed by atoms with Gasteiger partial charge >= 0.3 is 0 Å². The molecule has 0 fully saturated rings. The summed E-state index contributed by atoms with van der Waals surface area (Å²) in [6, 6.07) is 0. The third-order valence-corrected chi connectivity index (χ3v) is 2.52. The average Bonchev–Trinajstić information content (AvgIpc) is 2.89. The van der Waals surface area contributed by atoms with Crippen molar-refractivity contribution in [3.63, 3.8) is 0 Å². The zero-order valence-electron chi connectivity index (χ0n) is 10.2. The molecule has 0 atom stereocenters. The van der Waals surface area contributed by atoms with Crippen LogP contribution < -0.4 is 5.32 Å². The molecule has 0 aliphatic heterocycles. The van der Waals surface area contributed by atoms with Gasteiger partial charge in [-0.25, -0.2) is 14.4 Å². The maximum atomic E-state index is 13.8. The summed E-state index contributed by atoms with van der Waals surface area (Å²) in [5.41, 5.74) is 0.434. The first-order valence-electron chi connectivity index (χ1n) is 5.88. The Kier molecular flexibility index (Phi) is 4.16. The predicted molar refractivity (Wildman–Crippen MR) is 64.5 cm³/mol. The van der Waals surface area contributed by atoms with E-state index in [2.05, 4.69) is 25.6 Å². The molecule has 0 saturated carbocycles. The van der Waals surface area contributed by atoms with E-state index in [1.54, 1.807) is 17.1 Å². The van der Waals surface area contributed by atoms with Crippen molar-refractivity contribution in [1.82, 2.24) is 25.0 Å². The summed E-state index contributed by atoms with van der Waals surface area (Å²) in [7, 11) is 0. The van der Waals surface area contributed by atoms with Gasteiger partial charge in [-0.15, -0.1) is 5.10 Å². The summed E-state index contributed by atoms with van der Waals surface area (Å²) in [5.74, 6) is -0.0961. The van der Waals surface area contributed by atoms with Crippen LogP contribution in [0.3, 0.4) is 0 Å². The number of aryl methyl sites for hydroxylation is 2. The molecule has 7 heteroatoms. The van der Waals surface area contributed by atoms with E-state index in [1.807, 2.05) is 6.92 Å². The van der Waals surface area contributed by atoms with Gasteiger partial charge in [0, 0.05) is 19.3 Å². The molecule has 2 aromatic rings. The highest BCUT2D eigenvalue weighted by Crippen LogP contribution is 2.12. The van der Waals surface area contributed by atoms with Crippen molar-refractivity contribution in [3.05, 3.63) is 30.2 Å². The van der Waals surface area contributed by atoms with Gasteiger partial charge in [0.25, 0.3) is 0 Å². The van der Waals surface area contributed by atoms with Crippen molar-refractivity contribution in [1.29, 1.82) is 0 Å². The lowest BCUT2D eigenvalue weighted by Crippen LogP contribution is -2.11. The second kappa shape index (κ2) is 6.04. The molecule has 0 amide bonds. The lowest BCUT2D eigenvalue weighted by Gasteiger charge is -2.07.